The predicted octanol–water partition coefficient (Wildman–Crippen LogP) is 3.61. The molecule has 0 N–H and O–H groups in total. The molecule has 1 amide bonds. The molecule has 0 bridgehead atoms. The normalized spacial score (nSPS) is 14.2. The van der Waals surface area contributed by atoms with Crippen molar-refractivity contribution in [2.24, 2.45) is 0 Å². The average molecular weight is 427 g/mol. The second-order valence-electron chi connectivity index (χ2n) is 8.14. The van der Waals surface area contributed by atoms with Crippen LogP contribution in [0.15, 0.2) is 60.7 Å². The number of Topliss-reactive ketones (excluding diaryl/α,β-unsaturated/α-hetero) is 1. The SMILES string of the molecule is Cc1cc(C(=O)CN2CCN(C(=O)c3cccc(C#N)c3)CC2)c(C)n1-c1ccccc1. The second-order valence-corrected chi connectivity index (χ2v) is 8.14. The lowest BCUT2D eigenvalue weighted by Crippen LogP contribution is -2.49. The summed E-state index contributed by atoms with van der Waals surface area (Å²) in [6.07, 6.45) is 0. The van der Waals surface area contributed by atoms with E-state index in [9.17, 15) is 9.59 Å². The lowest BCUT2D eigenvalue weighted by molar-refractivity contribution is 0.0624. The van der Waals surface area contributed by atoms with Crippen molar-refractivity contribution < 1.29 is 9.59 Å². The number of hydrogen-bond donors (Lipinski definition) is 0. The van der Waals surface area contributed by atoms with Crippen LogP contribution >= 0.6 is 0 Å². The summed E-state index contributed by atoms with van der Waals surface area (Å²) in [6, 6.07) is 20.9. The molecule has 0 radical (unpaired) electrons. The van der Waals surface area contributed by atoms with Gasteiger partial charge in [-0.25, -0.2) is 0 Å². The third-order valence-electron chi connectivity index (χ3n) is 6.01. The van der Waals surface area contributed by atoms with Crippen LogP contribution < -0.4 is 0 Å². The molecule has 1 aromatic heterocycles. The van der Waals surface area contributed by atoms with Crippen molar-refractivity contribution in [3.63, 3.8) is 0 Å². The van der Waals surface area contributed by atoms with Crippen LogP contribution in [0, 0.1) is 25.2 Å². The predicted molar refractivity (Wildman–Crippen MR) is 123 cm³/mol. The number of para-hydroxylation sites is 1. The van der Waals surface area contributed by atoms with Gasteiger partial charge in [-0.15, -0.1) is 0 Å². The van der Waals surface area contributed by atoms with Crippen LogP contribution in [0.3, 0.4) is 0 Å². The molecule has 1 aliphatic heterocycles. The summed E-state index contributed by atoms with van der Waals surface area (Å²) in [5, 5.41) is 9.05. The highest BCUT2D eigenvalue weighted by Crippen LogP contribution is 2.21. The molecule has 1 aliphatic rings. The van der Waals surface area contributed by atoms with Gasteiger partial charge in [0, 0.05) is 54.4 Å². The second kappa shape index (κ2) is 9.21. The van der Waals surface area contributed by atoms with Gasteiger partial charge in [0.15, 0.2) is 5.78 Å². The summed E-state index contributed by atoms with van der Waals surface area (Å²) in [7, 11) is 0. The molecule has 0 aliphatic carbocycles. The molecule has 3 aromatic rings. The molecule has 0 unspecified atom stereocenters. The third-order valence-corrected chi connectivity index (χ3v) is 6.01. The molecular weight excluding hydrogens is 400 g/mol. The Bertz CT molecular complexity index is 1180. The van der Waals surface area contributed by atoms with Crippen LogP contribution in [-0.4, -0.2) is 58.8 Å². The van der Waals surface area contributed by atoms with E-state index in [1.807, 2.05) is 50.2 Å². The number of aryl methyl sites for hydroxylation is 1. The minimum Gasteiger partial charge on any atom is -0.336 e. The maximum Gasteiger partial charge on any atom is 0.253 e. The number of carbonyl (C=O) groups is 2. The number of hydrogen-bond acceptors (Lipinski definition) is 4. The summed E-state index contributed by atoms with van der Waals surface area (Å²) in [6.45, 7) is 6.75. The molecular formula is C26H26N4O2. The number of piperazine rings is 1. The van der Waals surface area contributed by atoms with Crippen LogP contribution in [0.4, 0.5) is 0 Å². The number of carbonyl (C=O) groups excluding carboxylic acids is 2. The van der Waals surface area contributed by atoms with Gasteiger partial charge in [0.1, 0.15) is 0 Å². The van der Waals surface area contributed by atoms with Gasteiger partial charge in [0.2, 0.25) is 0 Å². The van der Waals surface area contributed by atoms with Gasteiger partial charge in [0.25, 0.3) is 5.91 Å². The maximum absolute atomic E-state index is 13.1. The zero-order chi connectivity index (χ0) is 22.7. The van der Waals surface area contributed by atoms with Crippen LogP contribution in [0.1, 0.15) is 37.7 Å². The number of rotatable bonds is 5. The van der Waals surface area contributed by atoms with Gasteiger partial charge in [-0.2, -0.15) is 5.26 Å². The largest absolute Gasteiger partial charge is 0.336 e. The van der Waals surface area contributed by atoms with E-state index in [0.717, 1.165) is 22.6 Å². The molecule has 1 fully saturated rings. The van der Waals surface area contributed by atoms with E-state index < -0.39 is 0 Å². The first-order valence-corrected chi connectivity index (χ1v) is 10.8. The van der Waals surface area contributed by atoms with Crippen molar-refractivity contribution >= 4 is 11.7 Å². The van der Waals surface area contributed by atoms with Crippen molar-refractivity contribution in [1.82, 2.24) is 14.4 Å². The molecule has 2 heterocycles. The highest BCUT2D eigenvalue weighted by molar-refractivity contribution is 5.99. The minimum absolute atomic E-state index is 0.0699. The van der Waals surface area contributed by atoms with E-state index in [4.69, 9.17) is 5.26 Å². The lowest BCUT2D eigenvalue weighted by Gasteiger charge is -2.34. The molecule has 0 saturated carbocycles. The van der Waals surface area contributed by atoms with Crippen molar-refractivity contribution in [3.8, 4) is 11.8 Å². The van der Waals surface area contributed by atoms with Gasteiger partial charge < -0.3 is 9.47 Å². The number of benzene rings is 2. The first-order chi connectivity index (χ1) is 15.5. The molecule has 32 heavy (non-hydrogen) atoms. The lowest BCUT2D eigenvalue weighted by atomic mass is 10.1. The molecule has 1 saturated heterocycles. The minimum atomic E-state index is -0.0699. The van der Waals surface area contributed by atoms with E-state index in [-0.39, 0.29) is 11.7 Å². The number of nitrogens with zero attached hydrogens (tertiary/aromatic N) is 4. The Hall–Kier alpha value is -3.69. The Balaban J connectivity index is 1.39. The Morgan fingerprint density at radius 3 is 2.34 bits per heavy atom. The molecule has 0 atom stereocenters. The fourth-order valence-corrected chi connectivity index (χ4v) is 4.32. The number of amides is 1. The Morgan fingerprint density at radius 1 is 0.938 bits per heavy atom. The number of ketones is 1. The van der Waals surface area contributed by atoms with Crippen molar-refractivity contribution in [1.29, 1.82) is 5.26 Å². The zero-order valence-corrected chi connectivity index (χ0v) is 18.4. The van der Waals surface area contributed by atoms with Crippen molar-refractivity contribution in [3.05, 3.63) is 88.7 Å². The molecule has 2 aromatic carbocycles. The number of nitriles is 1. The highest BCUT2D eigenvalue weighted by Gasteiger charge is 2.25. The Kier molecular flexibility index (Phi) is 6.20. The van der Waals surface area contributed by atoms with E-state index in [1.54, 1.807) is 29.2 Å². The van der Waals surface area contributed by atoms with Crippen LogP contribution in [-0.2, 0) is 0 Å². The molecule has 0 spiro atoms. The summed E-state index contributed by atoms with van der Waals surface area (Å²) in [4.78, 5) is 29.7. The summed E-state index contributed by atoms with van der Waals surface area (Å²) >= 11 is 0. The van der Waals surface area contributed by atoms with Gasteiger partial charge in [-0.3, -0.25) is 14.5 Å². The highest BCUT2D eigenvalue weighted by atomic mass is 16.2. The van der Waals surface area contributed by atoms with E-state index in [0.29, 0.717) is 43.9 Å². The van der Waals surface area contributed by atoms with Crippen molar-refractivity contribution in [2.45, 2.75) is 13.8 Å². The van der Waals surface area contributed by atoms with E-state index >= 15 is 0 Å². The molecule has 6 heteroatoms. The first-order valence-electron chi connectivity index (χ1n) is 10.8. The maximum atomic E-state index is 13.1. The Labute approximate surface area is 188 Å². The van der Waals surface area contributed by atoms with E-state index in [1.165, 1.54) is 0 Å². The number of aromatic nitrogens is 1. The van der Waals surface area contributed by atoms with Gasteiger partial charge in [-0.1, -0.05) is 24.3 Å². The molecule has 6 nitrogen and oxygen atoms in total. The third kappa shape index (κ3) is 4.34. The average Bonchev–Trinajstić information content (AvgIpc) is 3.13. The molecule has 4 rings (SSSR count). The topological polar surface area (TPSA) is 69.3 Å². The monoisotopic (exact) mass is 426 g/mol. The fourth-order valence-electron chi connectivity index (χ4n) is 4.32. The summed E-state index contributed by atoms with van der Waals surface area (Å²) in [5.74, 6) is 0.0289. The standard InChI is InChI=1S/C26H26N4O2/c1-19-15-24(20(2)30(19)23-9-4-3-5-10-23)25(31)18-28-11-13-29(14-12-28)26(32)22-8-6-7-21(16-22)17-27/h3-10,15-16H,11-14,18H2,1-2H3. The smallest absolute Gasteiger partial charge is 0.253 e. The fraction of sp³-hybridized carbons (Fsp3) is 0.269. The van der Waals surface area contributed by atoms with Gasteiger partial charge in [-0.05, 0) is 50.2 Å². The van der Waals surface area contributed by atoms with Crippen LogP contribution in [0.2, 0.25) is 0 Å². The zero-order valence-electron chi connectivity index (χ0n) is 18.4. The quantitative estimate of drug-likeness (QED) is 0.585. The summed E-state index contributed by atoms with van der Waals surface area (Å²) in [5.41, 5.74) is 4.79. The van der Waals surface area contributed by atoms with Gasteiger partial charge >= 0.3 is 0 Å². The van der Waals surface area contributed by atoms with Crippen LogP contribution in [0.25, 0.3) is 5.69 Å². The molecule has 162 valence electrons. The Morgan fingerprint density at radius 2 is 1.66 bits per heavy atom. The van der Waals surface area contributed by atoms with Crippen LogP contribution in [0.5, 0.6) is 0 Å². The van der Waals surface area contributed by atoms with E-state index in [2.05, 4.69) is 15.5 Å². The first kappa shape index (κ1) is 21.5. The van der Waals surface area contributed by atoms with Gasteiger partial charge in [0.05, 0.1) is 18.2 Å². The summed E-state index contributed by atoms with van der Waals surface area (Å²) < 4.78 is 2.11. The van der Waals surface area contributed by atoms with Crippen molar-refractivity contribution in [2.75, 3.05) is 32.7 Å².